The first-order valence-electron chi connectivity index (χ1n) is 9.04. The summed E-state index contributed by atoms with van der Waals surface area (Å²) in [6.45, 7) is 3.52. The second-order valence-corrected chi connectivity index (χ2v) is 6.51. The molecule has 0 radical (unpaired) electrons. The first-order chi connectivity index (χ1) is 13.5. The van der Waals surface area contributed by atoms with Gasteiger partial charge in [0.15, 0.2) is 11.5 Å². The number of hydrogen-bond acceptors (Lipinski definition) is 5. The minimum Gasteiger partial charge on any atom is -0.493 e. The number of ether oxygens (including phenoxy) is 2. The fourth-order valence-electron chi connectivity index (χ4n) is 2.90. The van der Waals surface area contributed by atoms with Crippen LogP contribution in [0.4, 0.5) is 0 Å². The summed E-state index contributed by atoms with van der Waals surface area (Å²) in [5.41, 5.74) is 3.07. The summed E-state index contributed by atoms with van der Waals surface area (Å²) in [5.74, 6) is 1.17. The van der Waals surface area contributed by atoms with Gasteiger partial charge in [-0.25, -0.2) is 9.97 Å². The SMILES string of the molecule is COc1ccccc1Oc1ncc(-c2ccc(CC(C)NC(C)=O)cc2)cn1. The van der Waals surface area contributed by atoms with E-state index in [0.29, 0.717) is 11.5 Å². The molecule has 0 fully saturated rings. The lowest BCUT2D eigenvalue weighted by molar-refractivity contribution is -0.119. The standard InChI is InChI=1S/C22H23N3O3/c1-15(25-16(2)26)12-17-8-10-18(11-9-17)19-13-23-22(24-14-19)28-21-7-5-4-6-20(21)27-3/h4-11,13-15H,12H2,1-3H3,(H,25,26). The number of rotatable bonds is 7. The molecule has 0 bridgehead atoms. The van der Waals surface area contributed by atoms with E-state index >= 15 is 0 Å². The number of carbonyl (C=O) groups excluding carboxylic acids is 1. The molecule has 0 aliphatic carbocycles. The molecule has 144 valence electrons. The Hall–Kier alpha value is -3.41. The molecule has 0 aliphatic rings. The molecular formula is C22H23N3O3. The van der Waals surface area contributed by atoms with Crippen molar-refractivity contribution in [1.29, 1.82) is 0 Å². The largest absolute Gasteiger partial charge is 0.493 e. The number of hydrogen-bond donors (Lipinski definition) is 1. The summed E-state index contributed by atoms with van der Waals surface area (Å²) >= 11 is 0. The number of nitrogens with zero attached hydrogens (tertiary/aromatic N) is 2. The average molecular weight is 377 g/mol. The Bertz CT molecular complexity index is 925. The zero-order valence-electron chi connectivity index (χ0n) is 16.2. The molecule has 3 aromatic rings. The van der Waals surface area contributed by atoms with Gasteiger partial charge < -0.3 is 14.8 Å². The van der Waals surface area contributed by atoms with Crippen molar-refractivity contribution >= 4 is 5.91 Å². The van der Waals surface area contributed by atoms with Gasteiger partial charge in [0.25, 0.3) is 0 Å². The molecular weight excluding hydrogens is 354 g/mol. The van der Waals surface area contributed by atoms with Gasteiger partial charge in [-0.1, -0.05) is 36.4 Å². The third-order valence-corrected chi connectivity index (χ3v) is 4.18. The second-order valence-electron chi connectivity index (χ2n) is 6.51. The highest BCUT2D eigenvalue weighted by Crippen LogP contribution is 2.29. The summed E-state index contributed by atoms with van der Waals surface area (Å²) in [4.78, 5) is 19.7. The van der Waals surface area contributed by atoms with Crippen molar-refractivity contribution in [2.45, 2.75) is 26.3 Å². The molecule has 1 amide bonds. The summed E-state index contributed by atoms with van der Waals surface area (Å²) in [7, 11) is 1.59. The van der Waals surface area contributed by atoms with Crippen molar-refractivity contribution in [3.63, 3.8) is 0 Å². The highest BCUT2D eigenvalue weighted by Gasteiger charge is 2.08. The van der Waals surface area contributed by atoms with Crippen LogP contribution >= 0.6 is 0 Å². The van der Waals surface area contributed by atoms with E-state index in [0.717, 1.165) is 23.1 Å². The molecule has 2 aromatic carbocycles. The van der Waals surface area contributed by atoms with Gasteiger partial charge in [-0.2, -0.15) is 0 Å². The molecule has 1 aromatic heterocycles. The predicted octanol–water partition coefficient (Wildman–Crippen LogP) is 4.01. The van der Waals surface area contributed by atoms with Gasteiger partial charge in [0, 0.05) is 30.9 Å². The van der Waals surface area contributed by atoms with Crippen LogP contribution in [0.2, 0.25) is 0 Å². The number of carbonyl (C=O) groups is 1. The highest BCUT2D eigenvalue weighted by atomic mass is 16.5. The maximum Gasteiger partial charge on any atom is 0.322 e. The summed E-state index contributed by atoms with van der Waals surface area (Å²) in [6.07, 6.45) is 4.24. The van der Waals surface area contributed by atoms with Crippen molar-refractivity contribution in [3.8, 4) is 28.6 Å². The second kappa shape index (κ2) is 8.99. The fourth-order valence-corrected chi connectivity index (χ4v) is 2.90. The molecule has 1 atom stereocenters. The van der Waals surface area contributed by atoms with Crippen molar-refractivity contribution in [2.75, 3.05) is 7.11 Å². The average Bonchev–Trinajstić information content (AvgIpc) is 2.69. The van der Waals surface area contributed by atoms with Crippen molar-refractivity contribution in [2.24, 2.45) is 0 Å². The number of amides is 1. The molecule has 0 saturated heterocycles. The Morgan fingerprint density at radius 1 is 1.00 bits per heavy atom. The Kier molecular flexibility index (Phi) is 6.22. The van der Waals surface area contributed by atoms with Gasteiger partial charge in [-0.3, -0.25) is 4.79 Å². The van der Waals surface area contributed by atoms with Crippen LogP contribution in [0.25, 0.3) is 11.1 Å². The van der Waals surface area contributed by atoms with Crippen molar-refractivity contribution in [1.82, 2.24) is 15.3 Å². The first-order valence-corrected chi connectivity index (χ1v) is 9.04. The minimum absolute atomic E-state index is 0.0169. The van der Waals surface area contributed by atoms with E-state index in [1.807, 2.05) is 49.4 Å². The summed E-state index contributed by atoms with van der Waals surface area (Å²) in [5, 5.41) is 2.89. The first kappa shape index (κ1) is 19.4. The molecule has 3 rings (SSSR count). The van der Waals surface area contributed by atoms with Crippen LogP contribution in [0, 0.1) is 0 Å². The number of aromatic nitrogens is 2. The summed E-state index contributed by atoms with van der Waals surface area (Å²) in [6, 6.07) is 15.8. The Morgan fingerprint density at radius 3 is 2.25 bits per heavy atom. The van der Waals surface area contributed by atoms with Crippen LogP contribution in [0.1, 0.15) is 19.4 Å². The van der Waals surface area contributed by atoms with E-state index in [1.54, 1.807) is 25.6 Å². The third kappa shape index (κ3) is 5.07. The lowest BCUT2D eigenvalue weighted by Crippen LogP contribution is -2.31. The normalized spacial score (nSPS) is 11.5. The van der Waals surface area contributed by atoms with Gasteiger partial charge in [0.2, 0.25) is 5.91 Å². The number of nitrogens with one attached hydrogen (secondary N) is 1. The van der Waals surface area contributed by atoms with E-state index in [2.05, 4.69) is 15.3 Å². The smallest absolute Gasteiger partial charge is 0.322 e. The number of benzene rings is 2. The van der Waals surface area contributed by atoms with Gasteiger partial charge in [0.1, 0.15) is 0 Å². The molecule has 0 spiro atoms. The van der Waals surface area contributed by atoms with E-state index in [4.69, 9.17) is 9.47 Å². The van der Waals surface area contributed by atoms with Crippen molar-refractivity contribution < 1.29 is 14.3 Å². The molecule has 1 N–H and O–H groups in total. The van der Waals surface area contributed by atoms with E-state index in [9.17, 15) is 4.79 Å². The Labute approximate surface area is 164 Å². The van der Waals surface area contributed by atoms with Crippen LogP contribution in [-0.4, -0.2) is 29.0 Å². The van der Waals surface area contributed by atoms with Gasteiger partial charge in [0.05, 0.1) is 7.11 Å². The molecule has 6 nitrogen and oxygen atoms in total. The van der Waals surface area contributed by atoms with Crippen molar-refractivity contribution in [3.05, 3.63) is 66.5 Å². The monoisotopic (exact) mass is 377 g/mol. The zero-order chi connectivity index (χ0) is 19.9. The maximum absolute atomic E-state index is 11.1. The number of para-hydroxylation sites is 2. The Balaban J connectivity index is 1.67. The number of methoxy groups -OCH3 is 1. The maximum atomic E-state index is 11.1. The molecule has 28 heavy (non-hydrogen) atoms. The van der Waals surface area contributed by atoms with Crippen LogP contribution < -0.4 is 14.8 Å². The van der Waals surface area contributed by atoms with Crippen LogP contribution in [0.3, 0.4) is 0 Å². The van der Waals surface area contributed by atoms with Gasteiger partial charge in [-0.15, -0.1) is 0 Å². The van der Waals surface area contributed by atoms with Gasteiger partial charge >= 0.3 is 6.01 Å². The van der Waals surface area contributed by atoms with Crippen LogP contribution in [0.5, 0.6) is 17.5 Å². The van der Waals surface area contributed by atoms with E-state index in [-0.39, 0.29) is 18.0 Å². The minimum atomic E-state index is -0.0169. The van der Waals surface area contributed by atoms with Crippen LogP contribution in [-0.2, 0) is 11.2 Å². The van der Waals surface area contributed by atoms with E-state index in [1.165, 1.54) is 6.92 Å². The Morgan fingerprint density at radius 2 is 1.64 bits per heavy atom. The van der Waals surface area contributed by atoms with E-state index < -0.39 is 0 Å². The molecule has 6 heteroatoms. The molecule has 0 aliphatic heterocycles. The van der Waals surface area contributed by atoms with Gasteiger partial charge in [-0.05, 0) is 36.6 Å². The zero-order valence-corrected chi connectivity index (χ0v) is 16.2. The molecule has 0 saturated carbocycles. The fraction of sp³-hybridized carbons (Fsp3) is 0.227. The van der Waals surface area contributed by atoms with Crippen LogP contribution in [0.15, 0.2) is 60.9 Å². The lowest BCUT2D eigenvalue weighted by atomic mass is 10.0. The molecule has 1 heterocycles. The third-order valence-electron chi connectivity index (χ3n) is 4.18. The predicted molar refractivity (Wildman–Crippen MR) is 108 cm³/mol. The molecule has 1 unspecified atom stereocenters. The topological polar surface area (TPSA) is 73.3 Å². The quantitative estimate of drug-likeness (QED) is 0.673. The summed E-state index contributed by atoms with van der Waals surface area (Å²) < 4.78 is 11.0. The lowest BCUT2D eigenvalue weighted by Gasteiger charge is -2.12. The highest BCUT2D eigenvalue weighted by molar-refractivity contribution is 5.73.